The van der Waals surface area contributed by atoms with E-state index in [0.29, 0.717) is 27.0 Å². The Morgan fingerprint density at radius 2 is 1.83 bits per heavy atom. The number of amides is 1. The molecule has 0 aliphatic heterocycles. The molecule has 0 aliphatic carbocycles. The molecule has 2 aromatic carbocycles. The molecule has 1 N–H and O–H groups in total. The third-order valence-corrected chi connectivity index (χ3v) is 4.06. The topological polar surface area (TPSA) is 42.0 Å². The molecule has 0 saturated heterocycles. The number of thiazole rings is 1. The molecule has 0 unspecified atom stereocenters. The average molecular weight is 351 g/mol. The first-order valence-corrected chi connectivity index (χ1v) is 7.76. The van der Waals surface area contributed by atoms with Crippen LogP contribution in [-0.4, -0.2) is 10.9 Å². The molecular weight excluding hydrogens is 342 g/mol. The van der Waals surface area contributed by atoms with Gasteiger partial charge in [0.2, 0.25) is 0 Å². The van der Waals surface area contributed by atoms with Crippen molar-refractivity contribution in [2.45, 2.75) is 0 Å². The maximum absolute atomic E-state index is 13.3. The van der Waals surface area contributed by atoms with E-state index in [4.69, 9.17) is 11.6 Å². The summed E-state index contributed by atoms with van der Waals surface area (Å²) in [7, 11) is 0. The second kappa shape index (κ2) is 6.44. The summed E-state index contributed by atoms with van der Waals surface area (Å²) in [6.45, 7) is 0. The van der Waals surface area contributed by atoms with E-state index in [1.165, 1.54) is 17.4 Å². The van der Waals surface area contributed by atoms with E-state index in [1.807, 2.05) is 0 Å². The minimum atomic E-state index is -0.942. The monoisotopic (exact) mass is 350 g/mol. The van der Waals surface area contributed by atoms with E-state index in [9.17, 15) is 13.6 Å². The van der Waals surface area contributed by atoms with Gasteiger partial charge in [-0.3, -0.25) is 10.1 Å². The lowest BCUT2D eigenvalue weighted by Gasteiger charge is -2.02. The first-order chi connectivity index (χ1) is 11.0. The molecule has 3 aromatic rings. The van der Waals surface area contributed by atoms with Gasteiger partial charge < -0.3 is 0 Å². The van der Waals surface area contributed by atoms with Gasteiger partial charge in [-0.2, -0.15) is 0 Å². The van der Waals surface area contributed by atoms with Crippen molar-refractivity contribution >= 4 is 34.0 Å². The highest BCUT2D eigenvalue weighted by Crippen LogP contribution is 2.26. The largest absolute Gasteiger partial charge is 0.298 e. The van der Waals surface area contributed by atoms with Crippen molar-refractivity contribution in [3.8, 4) is 11.3 Å². The van der Waals surface area contributed by atoms with Crippen LogP contribution in [0.5, 0.6) is 0 Å². The summed E-state index contributed by atoms with van der Waals surface area (Å²) in [4.78, 5) is 16.3. The van der Waals surface area contributed by atoms with Gasteiger partial charge >= 0.3 is 0 Å². The number of nitrogens with zero attached hydrogens (tertiary/aromatic N) is 1. The third-order valence-electron chi connectivity index (χ3n) is 3.05. The lowest BCUT2D eigenvalue weighted by atomic mass is 10.2. The van der Waals surface area contributed by atoms with Crippen LogP contribution < -0.4 is 5.32 Å². The number of aromatic nitrogens is 1. The highest BCUT2D eigenvalue weighted by molar-refractivity contribution is 7.14. The maximum Gasteiger partial charge on any atom is 0.257 e. The number of hydrogen-bond acceptors (Lipinski definition) is 3. The molecule has 0 bridgehead atoms. The summed E-state index contributed by atoms with van der Waals surface area (Å²) >= 11 is 6.97. The van der Waals surface area contributed by atoms with Gasteiger partial charge in [0.25, 0.3) is 5.91 Å². The van der Waals surface area contributed by atoms with E-state index < -0.39 is 11.6 Å². The number of rotatable bonds is 3. The fourth-order valence-electron chi connectivity index (χ4n) is 1.89. The van der Waals surface area contributed by atoms with Crippen LogP contribution in [0.4, 0.5) is 13.9 Å². The Morgan fingerprint density at radius 1 is 1.09 bits per heavy atom. The quantitative estimate of drug-likeness (QED) is 0.722. The zero-order valence-corrected chi connectivity index (χ0v) is 13.1. The predicted octanol–water partition coefficient (Wildman–Crippen LogP) is 4.99. The number of benzene rings is 2. The molecular formula is C16H9ClF2N2OS. The number of halogens is 3. The Kier molecular flexibility index (Phi) is 4.36. The van der Waals surface area contributed by atoms with Gasteiger partial charge in [0, 0.05) is 21.5 Å². The van der Waals surface area contributed by atoms with Crippen LogP contribution in [0.1, 0.15) is 10.4 Å². The summed E-state index contributed by atoms with van der Waals surface area (Å²) in [6, 6.07) is 9.96. The van der Waals surface area contributed by atoms with Crippen LogP contribution in [0, 0.1) is 11.6 Å². The van der Waals surface area contributed by atoms with Crippen molar-refractivity contribution in [1.82, 2.24) is 4.98 Å². The summed E-state index contributed by atoms with van der Waals surface area (Å²) < 4.78 is 26.2. The first-order valence-electron chi connectivity index (χ1n) is 6.51. The van der Waals surface area contributed by atoms with Crippen molar-refractivity contribution in [3.63, 3.8) is 0 Å². The van der Waals surface area contributed by atoms with Gasteiger partial charge in [0.15, 0.2) is 16.8 Å². The molecule has 3 nitrogen and oxygen atoms in total. The van der Waals surface area contributed by atoms with Crippen molar-refractivity contribution in [2.75, 3.05) is 5.32 Å². The Hall–Kier alpha value is -2.31. The summed E-state index contributed by atoms with van der Waals surface area (Å²) in [5.41, 5.74) is 1.34. The van der Waals surface area contributed by atoms with Crippen molar-refractivity contribution < 1.29 is 13.6 Å². The molecule has 1 amide bonds. The minimum Gasteiger partial charge on any atom is -0.298 e. The normalized spacial score (nSPS) is 10.6. The zero-order chi connectivity index (χ0) is 16.4. The van der Waals surface area contributed by atoms with Crippen LogP contribution >= 0.6 is 22.9 Å². The van der Waals surface area contributed by atoms with E-state index in [-0.39, 0.29) is 5.91 Å². The van der Waals surface area contributed by atoms with E-state index >= 15 is 0 Å². The molecule has 1 heterocycles. The third kappa shape index (κ3) is 3.55. The standard InChI is InChI=1S/C16H9ClF2N2OS/c17-11-4-1-9(2-5-11)15(22)21-16-20-14(8-23-16)10-3-6-12(18)13(19)7-10/h1-8H,(H,20,21,22). The summed E-state index contributed by atoms with van der Waals surface area (Å²) in [5.74, 6) is -2.18. The van der Waals surface area contributed by atoms with Gasteiger partial charge in [0.05, 0.1) is 5.69 Å². The molecule has 0 aliphatic rings. The second-order valence-corrected chi connectivity index (χ2v) is 5.92. The Morgan fingerprint density at radius 3 is 2.52 bits per heavy atom. The summed E-state index contributed by atoms with van der Waals surface area (Å²) in [5, 5.41) is 5.21. The van der Waals surface area contributed by atoms with Crippen LogP contribution in [0.15, 0.2) is 47.8 Å². The average Bonchev–Trinajstić information content (AvgIpc) is 2.99. The number of carbonyl (C=O) groups is 1. The Labute approximate surface area is 139 Å². The zero-order valence-electron chi connectivity index (χ0n) is 11.5. The number of hydrogen-bond donors (Lipinski definition) is 1. The first kappa shape index (κ1) is 15.6. The van der Waals surface area contributed by atoms with Crippen LogP contribution in [0.2, 0.25) is 5.02 Å². The number of carbonyl (C=O) groups excluding carboxylic acids is 1. The molecule has 0 spiro atoms. The van der Waals surface area contributed by atoms with E-state index in [1.54, 1.807) is 29.6 Å². The minimum absolute atomic E-state index is 0.326. The lowest BCUT2D eigenvalue weighted by molar-refractivity contribution is 0.102. The highest BCUT2D eigenvalue weighted by Gasteiger charge is 2.11. The van der Waals surface area contributed by atoms with Crippen molar-refractivity contribution in [3.05, 3.63) is 70.1 Å². The summed E-state index contributed by atoms with van der Waals surface area (Å²) in [6.07, 6.45) is 0. The molecule has 0 radical (unpaired) electrons. The maximum atomic E-state index is 13.3. The predicted molar refractivity (Wildman–Crippen MR) is 86.9 cm³/mol. The Bertz CT molecular complexity index is 865. The molecule has 116 valence electrons. The molecule has 0 saturated carbocycles. The fourth-order valence-corrected chi connectivity index (χ4v) is 2.73. The van der Waals surface area contributed by atoms with Gasteiger partial charge in [0.1, 0.15) is 0 Å². The molecule has 7 heteroatoms. The smallest absolute Gasteiger partial charge is 0.257 e. The highest BCUT2D eigenvalue weighted by atomic mass is 35.5. The lowest BCUT2D eigenvalue weighted by Crippen LogP contribution is -2.11. The Balaban J connectivity index is 1.77. The van der Waals surface area contributed by atoms with E-state index in [0.717, 1.165) is 12.1 Å². The van der Waals surface area contributed by atoms with Gasteiger partial charge in [-0.05, 0) is 42.5 Å². The molecule has 1 aromatic heterocycles. The second-order valence-electron chi connectivity index (χ2n) is 4.63. The molecule has 0 fully saturated rings. The van der Waals surface area contributed by atoms with Crippen LogP contribution in [0.3, 0.4) is 0 Å². The SMILES string of the molecule is O=C(Nc1nc(-c2ccc(F)c(F)c2)cs1)c1ccc(Cl)cc1. The molecule has 23 heavy (non-hydrogen) atoms. The molecule has 0 atom stereocenters. The molecule has 3 rings (SSSR count). The van der Waals surface area contributed by atoms with Crippen LogP contribution in [0.25, 0.3) is 11.3 Å². The number of anilines is 1. The van der Waals surface area contributed by atoms with Crippen LogP contribution in [-0.2, 0) is 0 Å². The number of nitrogens with one attached hydrogen (secondary N) is 1. The van der Waals surface area contributed by atoms with Gasteiger partial charge in [-0.1, -0.05) is 11.6 Å². The van der Waals surface area contributed by atoms with E-state index in [2.05, 4.69) is 10.3 Å². The van der Waals surface area contributed by atoms with Crippen molar-refractivity contribution in [1.29, 1.82) is 0 Å². The van der Waals surface area contributed by atoms with Gasteiger partial charge in [-0.25, -0.2) is 13.8 Å². The fraction of sp³-hybridized carbons (Fsp3) is 0. The van der Waals surface area contributed by atoms with Gasteiger partial charge in [-0.15, -0.1) is 11.3 Å². The van der Waals surface area contributed by atoms with Crippen molar-refractivity contribution in [2.24, 2.45) is 0 Å².